The molecular weight excluding hydrogens is 265 g/mol. The number of hydrogen-bond acceptors (Lipinski definition) is 5. The Morgan fingerprint density at radius 2 is 2.16 bits per heavy atom. The Balaban J connectivity index is 2.07. The van der Waals surface area contributed by atoms with E-state index in [-0.39, 0.29) is 11.8 Å². The minimum atomic E-state index is -4.71. The smallest absolute Gasteiger partial charge is 0.383 e. The topological polar surface area (TPSA) is 68.4 Å². The molecule has 1 fully saturated rings. The summed E-state index contributed by atoms with van der Waals surface area (Å²) in [7, 11) is 0. The number of hydrogen-bond donors (Lipinski definition) is 1. The van der Waals surface area contributed by atoms with Gasteiger partial charge in [0.15, 0.2) is 11.9 Å². The molecule has 1 saturated heterocycles. The van der Waals surface area contributed by atoms with Crippen LogP contribution in [0.3, 0.4) is 0 Å². The summed E-state index contributed by atoms with van der Waals surface area (Å²) in [5.41, 5.74) is 0. The van der Waals surface area contributed by atoms with Crippen molar-refractivity contribution in [3.05, 3.63) is 11.7 Å². The highest BCUT2D eigenvalue weighted by Crippen LogP contribution is 2.32. The summed E-state index contributed by atoms with van der Waals surface area (Å²) in [5.74, 6) is -1.20. The Hall–Kier alpha value is -1.15. The fourth-order valence-electron chi connectivity index (χ4n) is 1.96. The summed E-state index contributed by atoms with van der Waals surface area (Å²) >= 11 is 0. The molecule has 8 heteroatoms. The lowest BCUT2D eigenvalue weighted by Crippen LogP contribution is -2.33. The predicted octanol–water partition coefficient (Wildman–Crippen LogP) is 1.99. The van der Waals surface area contributed by atoms with Gasteiger partial charge in [-0.1, -0.05) is 12.1 Å². The van der Waals surface area contributed by atoms with Crippen LogP contribution in [0.4, 0.5) is 13.2 Å². The van der Waals surface area contributed by atoms with Crippen LogP contribution in [-0.4, -0.2) is 40.7 Å². The average molecular weight is 280 g/mol. The van der Waals surface area contributed by atoms with Gasteiger partial charge in [-0.25, -0.2) is 0 Å². The van der Waals surface area contributed by atoms with E-state index in [1.165, 1.54) is 6.92 Å². The number of ether oxygens (including phenoxy) is 1. The van der Waals surface area contributed by atoms with Crippen molar-refractivity contribution in [2.24, 2.45) is 0 Å². The minimum Gasteiger partial charge on any atom is -0.383 e. The Bertz CT molecular complexity index is 416. The summed E-state index contributed by atoms with van der Waals surface area (Å²) in [5, 5.41) is 12.8. The monoisotopic (exact) mass is 280 g/mol. The lowest BCUT2D eigenvalue weighted by Gasteiger charge is -2.19. The molecule has 1 aliphatic rings. The fourth-order valence-corrected chi connectivity index (χ4v) is 1.96. The van der Waals surface area contributed by atoms with Crippen molar-refractivity contribution < 1.29 is 27.5 Å². The summed E-state index contributed by atoms with van der Waals surface area (Å²) in [6.45, 7) is 2.31. The third-order valence-electron chi connectivity index (χ3n) is 3.18. The molecule has 3 atom stereocenters. The zero-order valence-electron chi connectivity index (χ0n) is 10.4. The van der Waals surface area contributed by atoms with Crippen LogP contribution in [0.25, 0.3) is 0 Å². The third-order valence-corrected chi connectivity index (χ3v) is 3.18. The van der Waals surface area contributed by atoms with Crippen molar-refractivity contribution in [1.29, 1.82) is 0 Å². The van der Waals surface area contributed by atoms with E-state index in [9.17, 15) is 13.2 Å². The number of aliphatic hydroxyl groups excluding tert-OH is 1. The maximum absolute atomic E-state index is 12.4. The summed E-state index contributed by atoms with van der Waals surface area (Å²) < 4.78 is 47.2. The van der Waals surface area contributed by atoms with Crippen molar-refractivity contribution in [1.82, 2.24) is 10.1 Å². The molecule has 1 aromatic rings. The third kappa shape index (κ3) is 3.24. The van der Waals surface area contributed by atoms with Crippen LogP contribution in [0, 0.1) is 0 Å². The highest BCUT2D eigenvalue weighted by molar-refractivity contribution is 5.01. The molecule has 0 bridgehead atoms. The molecule has 19 heavy (non-hydrogen) atoms. The number of alkyl halides is 3. The van der Waals surface area contributed by atoms with E-state index >= 15 is 0 Å². The van der Waals surface area contributed by atoms with Crippen molar-refractivity contribution in [3.8, 4) is 0 Å². The molecule has 0 aliphatic carbocycles. The van der Waals surface area contributed by atoms with E-state index in [1.54, 1.807) is 0 Å². The number of aliphatic hydroxyl groups is 1. The summed E-state index contributed by atoms with van der Waals surface area (Å²) in [4.78, 5) is 3.95. The van der Waals surface area contributed by atoms with Crippen LogP contribution in [0.2, 0.25) is 0 Å². The summed E-state index contributed by atoms with van der Waals surface area (Å²) in [6.07, 6.45) is -5.55. The van der Waals surface area contributed by atoms with Gasteiger partial charge in [-0.15, -0.1) is 0 Å². The number of rotatable bonds is 3. The van der Waals surface area contributed by atoms with Crippen LogP contribution in [0.15, 0.2) is 4.52 Å². The first-order valence-electron chi connectivity index (χ1n) is 6.05. The maximum Gasteiger partial charge on any atom is 0.415 e. The van der Waals surface area contributed by atoms with Gasteiger partial charge in [0.2, 0.25) is 5.89 Å². The molecule has 0 spiro atoms. The van der Waals surface area contributed by atoms with E-state index in [0.29, 0.717) is 19.0 Å². The van der Waals surface area contributed by atoms with E-state index in [2.05, 4.69) is 10.1 Å². The van der Waals surface area contributed by atoms with E-state index < -0.39 is 18.2 Å². The van der Waals surface area contributed by atoms with Gasteiger partial charge in [-0.05, 0) is 12.8 Å². The molecule has 0 amide bonds. The standard InChI is InChI=1S/C11H15F3N2O3/c1-6(8(17)11(12,13)14)10-15-9(16-19-10)7-3-2-4-18-5-7/h6-8,17H,2-5H2,1H3. The minimum absolute atomic E-state index is 0.0542. The number of aromatic nitrogens is 2. The zero-order chi connectivity index (χ0) is 14.0. The van der Waals surface area contributed by atoms with Gasteiger partial charge in [0, 0.05) is 12.5 Å². The molecule has 2 rings (SSSR count). The van der Waals surface area contributed by atoms with E-state index in [4.69, 9.17) is 14.4 Å². The van der Waals surface area contributed by atoms with Gasteiger partial charge in [0.05, 0.1) is 12.5 Å². The highest BCUT2D eigenvalue weighted by atomic mass is 19.4. The van der Waals surface area contributed by atoms with Crippen LogP contribution < -0.4 is 0 Å². The van der Waals surface area contributed by atoms with Gasteiger partial charge in [-0.3, -0.25) is 0 Å². The van der Waals surface area contributed by atoms with Crippen molar-refractivity contribution in [2.45, 2.75) is 43.9 Å². The Labute approximate surface area is 107 Å². The number of halogens is 3. The highest BCUT2D eigenvalue weighted by Gasteiger charge is 2.44. The first-order chi connectivity index (χ1) is 8.89. The molecule has 108 valence electrons. The van der Waals surface area contributed by atoms with Crippen molar-refractivity contribution in [2.75, 3.05) is 13.2 Å². The Morgan fingerprint density at radius 1 is 1.42 bits per heavy atom. The lowest BCUT2D eigenvalue weighted by atomic mass is 10.0. The van der Waals surface area contributed by atoms with Gasteiger partial charge >= 0.3 is 6.18 Å². The lowest BCUT2D eigenvalue weighted by molar-refractivity contribution is -0.210. The average Bonchev–Trinajstić information content (AvgIpc) is 2.86. The SMILES string of the molecule is CC(c1nc(C2CCCOC2)no1)C(O)C(F)(F)F. The second-order valence-corrected chi connectivity index (χ2v) is 4.68. The fraction of sp³-hybridized carbons (Fsp3) is 0.818. The molecule has 2 heterocycles. The quantitative estimate of drug-likeness (QED) is 0.917. The van der Waals surface area contributed by atoms with E-state index in [1.807, 2.05) is 0 Å². The van der Waals surface area contributed by atoms with Crippen LogP contribution in [0.5, 0.6) is 0 Å². The largest absolute Gasteiger partial charge is 0.415 e. The molecule has 0 saturated carbocycles. The van der Waals surface area contributed by atoms with E-state index in [0.717, 1.165) is 12.8 Å². The number of nitrogens with zero attached hydrogens (tertiary/aromatic N) is 2. The first-order valence-corrected chi connectivity index (χ1v) is 6.05. The molecular formula is C11H15F3N2O3. The normalized spacial score (nSPS) is 24.2. The van der Waals surface area contributed by atoms with Crippen LogP contribution in [0.1, 0.15) is 43.3 Å². The van der Waals surface area contributed by atoms with Gasteiger partial charge in [-0.2, -0.15) is 18.2 Å². The van der Waals surface area contributed by atoms with Gasteiger partial charge < -0.3 is 14.4 Å². The Morgan fingerprint density at radius 3 is 2.74 bits per heavy atom. The van der Waals surface area contributed by atoms with Crippen molar-refractivity contribution >= 4 is 0 Å². The van der Waals surface area contributed by atoms with Crippen LogP contribution in [-0.2, 0) is 4.74 Å². The second kappa shape index (κ2) is 5.46. The molecule has 0 radical (unpaired) electrons. The molecule has 3 unspecified atom stereocenters. The molecule has 0 aromatic carbocycles. The molecule has 1 N–H and O–H groups in total. The van der Waals surface area contributed by atoms with Crippen molar-refractivity contribution in [3.63, 3.8) is 0 Å². The predicted molar refractivity (Wildman–Crippen MR) is 57.6 cm³/mol. The zero-order valence-corrected chi connectivity index (χ0v) is 10.4. The second-order valence-electron chi connectivity index (χ2n) is 4.68. The molecule has 5 nitrogen and oxygen atoms in total. The Kier molecular flexibility index (Phi) is 4.10. The summed E-state index contributed by atoms with van der Waals surface area (Å²) in [6, 6.07) is 0. The van der Waals surface area contributed by atoms with Crippen LogP contribution >= 0.6 is 0 Å². The molecule has 1 aromatic heterocycles. The van der Waals surface area contributed by atoms with Gasteiger partial charge in [0.25, 0.3) is 0 Å². The first kappa shape index (κ1) is 14.3. The molecule has 1 aliphatic heterocycles. The maximum atomic E-state index is 12.4. The van der Waals surface area contributed by atoms with Gasteiger partial charge in [0.1, 0.15) is 0 Å².